The quantitative estimate of drug-likeness (QED) is 0.610. The summed E-state index contributed by atoms with van der Waals surface area (Å²) in [6.07, 6.45) is 1.88. The number of carboxylic acid groups (broad SMARTS) is 1. The van der Waals surface area contributed by atoms with Crippen LogP contribution in [0, 0.1) is 0 Å². The first kappa shape index (κ1) is 8.83. The van der Waals surface area contributed by atoms with Gasteiger partial charge in [-0.3, -0.25) is 0 Å². The van der Waals surface area contributed by atoms with Crippen molar-refractivity contribution in [3.8, 4) is 0 Å². The van der Waals surface area contributed by atoms with E-state index in [-0.39, 0.29) is 12.6 Å². The minimum absolute atomic E-state index is 0.0381. The average Bonchev–Trinajstić information content (AvgIpc) is 2.34. The van der Waals surface area contributed by atoms with Gasteiger partial charge in [0.1, 0.15) is 0 Å². The van der Waals surface area contributed by atoms with Gasteiger partial charge in [-0.25, -0.2) is 9.10 Å². The molecule has 0 aliphatic carbocycles. The van der Waals surface area contributed by atoms with E-state index in [1.165, 1.54) is 0 Å². The van der Waals surface area contributed by atoms with Crippen molar-refractivity contribution in [1.82, 2.24) is 4.31 Å². The molecule has 1 rings (SSSR count). The zero-order valence-electron chi connectivity index (χ0n) is 6.06. The third kappa shape index (κ3) is 2.36. The van der Waals surface area contributed by atoms with Crippen molar-refractivity contribution in [3.63, 3.8) is 0 Å². The minimum Gasteiger partial charge on any atom is -0.472 e. The van der Waals surface area contributed by atoms with Crippen LogP contribution in [0.2, 0.25) is 0 Å². The van der Waals surface area contributed by atoms with Crippen molar-refractivity contribution < 1.29 is 15.0 Å². The lowest BCUT2D eigenvalue weighted by Gasteiger charge is -2.17. The van der Waals surface area contributed by atoms with Gasteiger partial charge in [-0.05, 0) is 12.8 Å². The molecule has 1 fully saturated rings. The first-order valence-corrected chi connectivity index (χ1v) is 4.29. The van der Waals surface area contributed by atoms with Gasteiger partial charge in [-0.2, -0.15) is 0 Å². The monoisotopic (exact) mass is 177 g/mol. The van der Waals surface area contributed by atoms with E-state index in [2.05, 4.69) is 0 Å². The van der Waals surface area contributed by atoms with Crippen LogP contribution in [0.3, 0.4) is 0 Å². The topological polar surface area (TPSA) is 60.8 Å². The van der Waals surface area contributed by atoms with E-state index in [9.17, 15) is 4.79 Å². The van der Waals surface area contributed by atoms with Gasteiger partial charge in [0.2, 0.25) is 0 Å². The minimum atomic E-state index is -0.898. The van der Waals surface area contributed by atoms with Gasteiger partial charge in [-0.1, -0.05) is 0 Å². The van der Waals surface area contributed by atoms with Gasteiger partial charge in [0.25, 0.3) is 0 Å². The van der Waals surface area contributed by atoms with Crippen LogP contribution in [0.25, 0.3) is 0 Å². The summed E-state index contributed by atoms with van der Waals surface area (Å²) >= 11 is 0.785. The van der Waals surface area contributed by atoms with Crippen molar-refractivity contribution >= 4 is 17.2 Å². The predicted octanol–water partition coefficient (Wildman–Crippen LogP) is 0.769. The maximum atomic E-state index is 10.3. The molecule has 2 N–H and O–H groups in total. The number of hydrogen-bond acceptors (Lipinski definition) is 4. The Morgan fingerprint density at radius 3 is 3.00 bits per heavy atom. The molecule has 4 nitrogen and oxygen atoms in total. The molecule has 1 saturated heterocycles. The maximum absolute atomic E-state index is 10.3. The number of nitrogens with zero attached hydrogens (tertiary/aromatic N) is 1. The second-order valence-corrected chi connectivity index (χ2v) is 3.48. The number of carbonyl (C=O) groups is 1. The zero-order valence-corrected chi connectivity index (χ0v) is 6.88. The van der Waals surface area contributed by atoms with Crippen LogP contribution >= 0.6 is 11.9 Å². The molecule has 64 valence electrons. The molecule has 1 atom stereocenters. The molecule has 0 saturated carbocycles. The number of hydrogen-bond donors (Lipinski definition) is 2. The first-order chi connectivity index (χ1) is 5.24. The van der Waals surface area contributed by atoms with E-state index in [0.29, 0.717) is 0 Å². The Labute approximate surface area is 69.3 Å². The first-order valence-electron chi connectivity index (χ1n) is 3.52. The van der Waals surface area contributed by atoms with E-state index in [0.717, 1.165) is 31.3 Å². The summed E-state index contributed by atoms with van der Waals surface area (Å²) in [5.74, 6) is 0. The SMILES string of the molecule is O=C(O)SN1CCC[C@H]1CO. The molecule has 11 heavy (non-hydrogen) atoms. The second kappa shape index (κ2) is 3.94. The zero-order chi connectivity index (χ0) is 8.27. The van der Waals surface area contributed by atoms with Crippen molar-refractivity contribution in [2.45, 2.75) is 18.9 Å². The summed E-state index contributed by atoms with van der Waals surface area (Å²) in [6.45, 7) is 0.822. The molecule has 0 radical (unpaired) electrons. The van der Waals surface area contributed by atoms with Crippen molar-refractivity contribution in [2.24, 2.45) is 0 Å². The van der Waals surface area contributed by atoms with Gasteiger partial charge < -0.3 is 10.2 Å². The summed E-state index contributed by atoms with van der Waals surface area (Å²) in [4.78, 5) is 10.3. The Bertz CT molecular complexity index is 153. The lowest BCUT2D eigenvalue weighted by molar-refractivity contribution is 0.212. The molecule has 0 aromatic heterocycles. The van der Waals surface area contributed by atoms with Gasteiger partial charge in [0, 0.05) is 24.5 Å². The van der Waals surface area contributed by atoms with Gasteiger partial charge in [-0.15, -0.1) is 0 Å². The fourth-order valence-electron chi connectivity index (χ4n) is 1.21. The molecule has 5 heteroatoms. The molecule has 1 heterocycles. The highest BCUT2D eigenvalue weighted by atomic mass is 32.2. The number of rotatable bonds is 2. The number of aliphatic hydroxyl groups is 1. The second-order valence-electron chi connectivity index (χ2n) is 2.48. The normalized spacial score (nSPS) is 25.7. The average molecular weight is 177 g/mol. The highest BCUT2D eigenvalue weighted by Gasteiger charge is 2.26. The van der Waals surface area contributed by atoms with Crippen LogP contribution in [0.5, 0.6) is 0 Å². The largest absolute Gasteiger partial charge is 0.472 e. The number of aliphatic hydroxyl groups excluding tert-OH is 1. The van der Waals surface area contributed by atoms with E-state index >= 15 is 0 Å². The predicted molar refractivity (Wildman–Crippen MR) is 42.4 cm³/mol. The smallest absolute Gasteiger partial charge is 0.380 e. The fraction of sp³-hybridized carbons (Fsp3) is 0.833. The molecule has 0 unspecified atom stereocenters. The Hall–Kier alpha value is -0.260. The molecule has 0 bridgehead atoms. The molecule has 1 aliphatic rings. The molecule has 0 aromatic rings. The van der Waals surface area contributed by atoms with E-state index in [1.54, 1.807) is 4.31 Å². The summed E-state index contributed by atoms with van der Waals surface area (Å²) < 4.78 is 1.72. The van der Waals surface area contributed by atoms with E-state index in [4.69, 9.17) is 10.2 Å². The Kier molecular flexibility index (Phi) is 3.16. The Morgan fingerprint density at radius 1 is 1.73 bits per heavy atom. The third-order valence-corrected chi connectivity index (χ3v) is 2.60. The molecular weight excluding hydrogens is 166 g/mol. The Morgan fingerprint density at radius 2 is 2.45 bits per heavy atom. The van der Waals surface area contributed by atoms with Crippen LogP contribution < -0.4 is 0 Å². The van der Waals surface area contributed by atoms with Crippen LogP contribution in [0.4, 0.5) is 4.79 Å². The van der Waals surface area contributed by atoms with Crippen molar-refractivity contribution in [1.29, 1.82) is 0 Å². The standard InChI is InChI=1S/C6H11NO3S/c8-4-5-2-1-3-7(5)11-6(9)10/h5,8H,1-4H2,(H,9,10)/t5-/m0/s1. The fourth-order valence-corrected chi connectivity index (χ4v) is 1.95. The van der Waals surface area contributed by atoms with Crippen LogP contribution in [0.1, 0.15) is 12.8 Å². The van der Waals surface area contributed by atoms with Crippen molar-refractivity contribution in [3.05, 3.63) is 0 Å². The van der Waals surface area contributed by atoms with Gasteiger partial charge in [0.05, 0.1) is 6.61 Å². The molecule has 0 aromatic carbocycles. The molecule has 1 aliphatic heterocycles. The molecule has 0 amide bonds. The lowest BCUT2D eigenvalue weighted by Crippen LogP contribution is -2.27. The Balaban J connectivity index is 2.37. The summed E-state index contributed by atoms with van der Waals surface area (Å²) in [5, 5.41) is 16.3. The van der Waals surface area contributed by atoms with Crippen LogP contribution in [0.15, 0.2) is 0 Å². The van der Waals surface area contributed by atoms with Crippen LogP contribution in [-0.4, -0.2) is 39.0 Å². The molecular formula is C6H11NO3S. The summed E-state index contributed by atoms with van der Waals surface area (Å²) in [7, 11) is 0. The van der Waals surface area contributed by atoms with Crippen LogP contribution in [-0.2, 0) is 0 Å². The summed E-state index contributed by atoms with van der Waals surface area (Å²) in [6, 6.07) is 0.0381. The lowest BCUT2D eigenvalue weighted by atomic mass is 10.2. The van der Waals surface area contributed by atoms with Crippen molar-refractivity contribution in [2.75, 3.05) is 13.2 Å². The van der Waals surface area contributed by atoms with E-state index < -0.39 is 5.30 Å². The third-order valence-electron chi connectivity index (χ3n) is 1.73. The highest BCUT2D eigenvalue weighted by molar-refractivity contribution is 8.11. The molecule has 0 spiro atoms. The van der Waals surface area contributed by atoms with E-state index in [1.807, 2.05) is 0 Å². The maximum Gasteiger partial charge on any atom is 0.380 e. The van der Waals surface area contributed by atoms with Gasteiger partial charge in [0.15, 0.2) is 0 Å². The highest BCUT2D eigenvalue weighted by Crippen LogP contribution is 2.24. The van der Waals surface area contributed by atoms with Gasteiger partial charge >= 0.3 is 5.30 Å². The summed E-state index contributed by atoms with van der Waals surface area (Å²) in [5.41, 5.74) is 0.